The van der Waals surface area contributed by atoms with Crippen molar-refractivity contribution in [2.45, 2.75) is 19.4 Å². The number of benzene rings is 2. The zero-order valence-electron chi connectivity index (χ0n) is 17.8. The highest BCUT2D eigenvalue weighted by Gasteiger charge is 2.30. The minimum atomic E-state index is -0.650. The summed E-state index contributed by atoms with van der Waals surface area (Å²) in [7, 11) is 5.56. The molecule has 31 heavy (non-hydrogen) atoms. The lowest BCUT2D eigenvalue weighted by Crippen LogP contribution is -2.31. The molecule has 1 aliphatic rings. The van der Waals surface area contributed by atoms with Crippen molar-refractivity contribution in [2.24, 2.45) is 0 Å². The van der Waals surface area contributed by atoms with Crippen LogP contribution in [-0.4, -0.2) is 56.3 Å². The highest BCUT2D eigenvalue weighted by molar-refractivity contribution is 6.19. The molecule has 8 heteroatoms. The Labute approximate surface area is 181 Å². The van der Waals surface area contributed by atoms with Crippen LogP contribution < -0.4 is 9.80 Å². The largest absolute Gasteiger partial charge is 0.452 e. The molecule has 0 aliphatic carbocycles. The Hall–Kier alpha value is -3.68. The third kappa shape index (κ3) is 5.28. The quantitative estimate of drug-likeness (QED) is 0.501. The van der Waals surface area contributed by atoms with E-state index in [4.69, 9.17) is 4.74 Å². The second-order valence-electron chi connectivity index (χ2n) is 7.56. The van der Waals surface area contributed by atoms with Gasteiger partial charge in [-0.2, -0.15) is 0 Å². The van der Waals surface area contributed by atoms with Gasteiger partial charge in [-0.15, -0.1) is 0 Å². The molecule has 162 valence electrons. The fraction of sp³-hybridized carbons (Fsp3) is 0.304. The van der Waals surface area contributed by atoms with E-state index >= 15 is 0 Å². The normalized spacial score (nSPS) is 13.3. The van der Waals surface area contributed by atoms with Gasteiger partial charge in [0.15, 0.2) is 6.61 Å². The van der Waals surface area contributed by atoms with Gasteiger partial charge in [0.05, 0.1) is 11.3 Å². The van der Waals surface area contributed by atoms with E-state index in [2.05, 4.69) is 0 Å². The maximum Gasteiger partial charge on any atom is 0.338 e. The van der Waals surface area contributed by atoms with Gasteiger partial charge >= 0.3 is 5.97 Å². The molecule has 0 saturated carbocycles. The number of anilines is 2. The van der Waals surface area contributed by atoms with E-state index in [1.165, 1.54) is 29.2 Å². The molecule has 0 N–H and O–H groups in total. The molecule has 0 atom stereocenters. The van der Waals surface area contributed by atoms with Crippen LogP contribution in [-0.2, 0) is 25.7 Å². The molecule has 1 aliphatic heterocycles. The summed E-state index contributed by atoms with van der Waals surface area (Å²) in [6, 6.07) is 13.8. The van der Waals surface area contributed by atoms with E-state index < -0.39 is 5.97 Å². The number of rotatable bonds is 7. The van der Waals surface area contributed by atoms with Crippen LogP contribution in [0.5, 0.6) is 0 Å². The van der Waals surface area contributed by atoms with Crippen molar-refractivity contribution in [3.63, 3.8) is 0 Å². The minimum absolute atomic E-state index is 0.193. The van der Waals surface area contributed by atoms with E-state index in [1.54, 1.807) is 7.05 Å². The summed E-state index contributed by atoms with van der Waals surface area (Å²) in [6.45, 7) is 0.0205. The molecule has 0 spiro atoms. The molecule has 3 amide bonds. The van der Waals surface area contributed by atoms with E-state index in [-0.39, 0.29) is 42.7 Å². The Morgan fingerprint density at radius 1 is 0.903 bits per heavy atom. The van der Waals surface area contributed by atoms with Crippen molar-refractivity contribution in [3.05, 3.63) is 59.7 Å². The van der Waals surface area contributed by atoms with Crippen molar-refractivity contribution in [1.82, 2.24) is 4.90 Å². The summed E-state index contributed by atoms with van der Waals surface area (Å²) in [5, 5.41) is 0. The van der Waals surface area contributed by atoms with Crippen LogP contribution in [0.1, 0.15) is 28.8 Å². The van der Waals surface area contributed by atoms with E-state index in [0.717, 1.165) is 16.2 Å². The van der Waals surface area contributed by atoms with Gasteiger partial charge in [0.25, 0.3) is 5.91 Å². The topological polar surface area (TPSA) is 87.2 Å². The minimum Gasteiger partial charge on any atom is -0.452 e. The van der Waals surface area contributed by atoms with Crippen LogP contribution in [0.4, 0.5) is 11.4 Å². The third-order valence-corrected chi connectivity index (χ3v) is 5.04. The van der Waals surface area contributed by atoms with Gasteiger partial charge in [-0.1, -0.05) is 12.1 Å². The van der Waals surface area contributed by atoms with E-state index in [9.17, 15) is 19.2 Å². The average Bonchev–Trinajstić information content (AvgIpc) is 3.10. The van der Waals surface area contributed by atoms with Crippen molar-refractivity contribution >= 4 is 35.1 Å². The second-order valence-corrected chi connectivity index (χ2v) is 7.56. The maximum absolute atomic E-state index is 12.3. The van der Waals surface area contributed by atoms with Gasteiger partial charge in [-0.05, 0) is 42.0 Å². The molecular weight excluding hydrogens is 398 g/mol. The summed E-state index contributed by atoms with van der Waals surface area (Å²) in [5.41, 5.74) is 2.68. The number of esters is 1. The first-order chi connectivity index (χ1) is 14.8. The van der Waals surface area contributed by atoms with Crippen LogP contribution in [0.3, 0.4) is 0 Å². The lowest BCUT2D eigenvalue weighted by molar-refractivity contribution is -0.133. The van der Waals surface area contributed by atoms with Crippen LogP contribution in [0, 0.1) is 0 Å². The first-order valence-corrected chi connectivity index (χ1v) is 9.89. The molecule has 1 heterocycles. The monoisotopic (exact) mass is 423 g/mol. The first-order valence-electron chi connectivity index (χ1n) is 9.89. The summed E-state index contributed by atoms with van der Waals surface area (Å²) >= 11 is 0. The molecule has 1 saturated heterocycles. The van der Waals surface area contributed by atoms with Crippen LogP contribution in [0.2, 0.25) is 0 Å². The van der Waals surface area contributed by atoms with Crippen molar-refractivity contribution in [2.75, 3.05) is 37.5 Å². The predicted molar refractivity (Wildman–Crippen MR) is 116 cm³/mol. The fourth-order valence-electron chi connectivity index (χ4n) is 3.19. The molecule has 3 rings (SSSR count). The Bertz CT molecular complexity index is 967. The summed E-state index contributed by atoms with van der Waals surface area (Å²) in [6.07, 6.45) is 0.385. The highest BCUT2D eigenvalue weighted by atomic mass is 16.5. The lowest BCUT2D eigenvalue weighted by Gasteiger charge is -2.18. The number of carbonyl (C=O) groups is 4. The van der Waals surface area contributed by atoms with E-state index in [1.807, 2.05) is 43.3 Å². The zero-order chi connectivity index (χ0) is 22.5. The second kappa shape index (κ2) is 9.42. The predicted octanol–water partition coefficient (Wildman–Crippen LogP) is 2.22. The number of likely N-dealkylation sites (N-methyl/N-ethyl adjacent to an activating group) is 1. The molecule has 8 nitrogen and oxygen atoms in total. The SMILES string of the molecule is CN(Cc1ccc(N(C)C)cc1)C(=O)COC(=O)c1ccc(N2C(=O)CCC2=O)cc1. The van der Waals surface area contributed by atoms with Gasteiger partial charge in [-0.3, -0.25) is 19.3 Å². The van der Waals surface area contributed by atoms with Crippen molar-refractivity contribution in [1.29, 1.82) is 0 Å². The molecule has 1 fully saturated rings. The zero-order valence-corrected chi connectivity index (χ0v) is 17.8. The van der Waals surface area contributed by atoms with Crippen LogP contribution >= 0.6 is 0 Å². The van der Waals surface area contributed by atoms with Gasteiger partial charge in [0, 0.05) is 46.2 Å². The standard InChI is InChI=1S/C23H25N3O5/c1-24(2)18-8-4-16(5-9-18)14-25(3)22(29)15-31-23(30)17-6-10-19(11-7-17)26-20(27)12-13-21(26)28/h4-11H,12-15H2,1-3H3. The lowest BCUT2D eigenvalue weighted by atomic mass is 10.2. The number of nitrogens with zero attached hydrogens (tertiary/aromatic N) is 3. The van der Waals surface area contributed by atoms with Gasteiger partial charge in [0.2, 0.25) is 11.8 Å². The van der Waals surface area contributed by atoms with Crippen molar-refractivity contribution in [3.8, 4) is 0 Å². The van der Waals surface area contributed by atoms with Gasteiger partial charge in [-0.25, -0.2) is 4.79 Å². The number of imide groups is 1. The summed E-state index contributed by atoms with van der Waals surface area (Å²) < 4.78 is 5.12. The Morgan fingerprint density at radius 3 is 2.03 bits per heavy atom. The maximum atomic E-state index is 12.3. The smallest absolute Gasteiger partial charge is 0.338 e. The average molecular weight is 423 g/mol. The Kier molecular flexibility index (Phi) is 6.69. The molecule has 0 aromatic heterocycles. The van der Waals surface area contributed by atoms with E-state index in [0.29, 0.717) is 12.2 Å². The fourth-order valence-corrected chi connectivity index (χ4v) is 3.19. The number of ether oxygens (including phenoxy) is 1. The first kappa shape index (κ1) is 22.0. The highest BCUT2D eigenvalue weighted by Crippen LogP contribution is 2.23. The Morgan fingerprint density at radius 2 is 1.48 bits per heavy atom. The molecular formula is C23H25N3O5. The molecule has 2 aromatic rings. The molecule has 0 bridgehead atoms. The number of hydrogen-bond acceptors (Lipinski definition) is 6. The summed E-state index contributed by atoms with van der Waals surface area (Å²) in [5.74, 6) is -1.49. The molecule has 2 aromatic carbocycles. The summed E-state index contributed by atoms with van der Waals surface area (Å²) in [4.78, 5) is 52.7. The number of amides is 3. The molecule has 0 unspecified atom stereocenters. The number of carbonyl (C=O) groups excluding carboxylic acids is 4. The van der Waals surface area contributed by atoms with Crippen molar-refractivity contribution < 1.29 is 23.9 Å². The number of hydrogen-bond donors (Lipinski definition) is 0. The van der Waals surface area contributed by atoms with Crippen LogP contribution in [0.15, 0.2) is 48.5 Å². The van der Waals surface area contributed by atoms with Gasteiger partial charge in [0.1, 0.15) is 0 Å². The third-order valence-electron chi connectivity index (χ3n) is 5.04. The van der Waals surface area contributed by atoms with Crippen LogP contribution in [0.25, 0.3) is 0 Å². The Balaban J connectivity index is 1.52. The van der Waals surface area contributed by atoms with Gasteiger partial charge < -0.3 is 14.5 Å². The molecule has 0 radical (unpaired) electrons.